The normalized spacial score (nSPS) is 23.1. The Labute approximate surface area is 66.3 Å². The maximum absolute atomic E-state index is 9.98. The summed E-state index contributed by atoms with van der Waals surface area (Å²) in [6.07, 6.45) is 4.17. The van der Waals surface area contributed by atoms with Crippen LogP contribution in [-0.2, 0) is 5.60 Å². The molecule has 0 saturated heterocycles. The van der Waals surface area contributed by atoms with E-state index in [-0.39, 0.29) is 0 Å². The van der Waals surface area contributed by atoms with Crippen LogP contribution in [-0.4, -0.2) is 10.1 Å². The molecular weight excluding hydrogens is 138 g/mol. The van der Waals surface area contributed by atoms with Gasteiger partial charge >= 0.3 is 0 Å². The van der Waals surface area contributed by atoms with Crippen LogP contribution in [0.1, 0.15) is 25.5 Å². The van der Waals surface area contributed by atoms with Gasteiger partial charge in [-0.2, -0.15) is 0 Å². The van der Waals surface area contributed by atoms with E-state index in [4.69, 9.17) is 0 Å². The van der Waals surface area contributed by atoms with E-state index in [0.29, 0.717) is 5.92 Å². The zero-order valence-corrected chi connectivity index (χ0v) is 6.67. The first-order valence-electron chi connectivity index (χ1n) is 4.07. The largest absolute Gasteiger partial charge is 0.384 e. The highest BCUT2D eigenvalue weighted by Gasteiger charge is 2.41. The standard InChI is InChI=1S/C9H13NO/c1-9(11,7-4-5-7)8-3-2-6-10-8/h2-3,6-7,10-11H,4-5H2,1H3. The monoisotopic (exact) mass is 151 g/mol. The molecule has 1 unspecified atom stereocenters. The third kappa shape index (κ3) is 1.07. The summed E-state index contributed by atoms with van der Waals surface area (Å²) in [4.78, 5) is 3.05. The van der Waals surface area contributed by atoms with Gasteiger partial charge in [0.15, 0.2) is 0 Å². The van der Waals surface area contributed by atoms with Gasteiger partial charge in [-0.3, -0.25) is 0 Å². The summed E-state index contributed by atoms with van der Waals surface area (Å²) < 4.78 is 0. The molecule has 60 valence electrons. The Morgan fingerprint density at radius 1 is 1.64 bits per heavy atom. The maximum Gasteiger partial charge on any atom is 0.104 e. The summed E-state index contributed by atoms with van der Waals surface area (Å²) in [5, 5.41) is 9.98. The van der Waals surface area contributed by atoms with E-state index in [1.807, 2.05) is 25.3 Å². The topological polar surface area (TPSA) is 36.0 Å². The minimum Gasteiger partial charge on any atom is -0.384 e. The summed E-state index contributed by atoms with van der Waals surface area (Å²) in [6.45, 7) is 1.89. The van der Waals surface area contributed by atoms with Gasteiger partial charge in [0, 0.05) is 11.9 Å². The third-order valence-electron chi connectivity index (χ3n) is 2.52. The van der Waals surface area contributed by atoms with Crippen LogP contribution < -0.4 is 0 Å². The SMILES string of the molecule is CC(O)(c1ccc[nH]1)C1CC1. The van der Waals surface area contributed by atoms with E-state index >= 15 is 0 Å². The third-order valence-corrected chi connectivity index (χ3v) is 2.52. The van der Waals surface area contributed by atoms with E-state index < -0.39 is 5.60 Å². The zero-order valence-electron chi connectivity index (χ0n) is 6.67. The molecule has 1 fully saturated rings. The molecule has 1 aliphatic rings. The molecule has 0 radical (unpaired) electrons. The van der Waals surface area contributed by atoms with E-state index in [1.54, 1.807) is 0 Å². The van der Waals surface area contributed by atoms with Gasteiger partial charge in [0.25, 0.3) is 0 Å². The van der Waals surface area contributed by atoms with E-state index in [9.17, 15) is 5.11 Å². The second-order valence-corrected chi connectivity index (χ2v) is 3.51. The van der Waals surface area contributed by atoms with Crippen LogP contribution in [0.3, 0.4) is 0 Å². The minimum absolute atomic E-state index is 0.473. The lowest BCUT2D eigenvalue weighted by Crippen LogP contribution is -2.23. The molecule has 1 atom stereocenters. The molecule has 1 aromatic rings. The van der Waals surface area contributed by atoms with Crippen molar-refractivity contribution in [1.82, 2.24) is 4.98 Å². The molecule has 2 heteroatoms. The van der Waals surface area contributed by atoms with Gasteiger partial charge in [-0.25, -0.2) is 0 Å². The van der Waals surface area contributed by atoms with Crippen LogP contribution in [0.15, 0.2) is 18.3 Å². The van der Waals surface area contributed by atoms with Crippen molar-refractivity contribution in [2.45, 2.75) is 25.4 Å². The van der Waals surface area contributed by atoms with Crippen LogP contribution in [0.2, 0.25) is 0 Å². The van der Waals surface area contributed by atoms with Gasteiger partial charge in [0.05, 0.1) is 0 Å². The first kappa shape index (κ1) is 6.92. The molecule has 1 saturated carbocycles. The molecule has 11 heavy (non-hydrogen) atoms. The molecule has 0 amide bonds. The van der Waals surface area contributed by atoms with Gasteiger partial charge < -0.3 is 10.1 Å². The number of hydrogen-bond acceptors (Lipinski definition) is 1. The van der Waals surface area contributed by atoms with Crippen LogP contribution in [0.5, 0.6) is 0 Å². The Hall–Kier alpha value is -0.760. The molecule has 0 spiro atoms. The van der Waals surface area contributed by atoms with Crippen molar-refractivity contribution in [3.8, 4) is 0 Å². The molecule has 0 aliphatic heterocycles. The number of aromatic amines is 1. The van der Waals surface area contributed by atoms with Crippen molar-refractivity contribution in [3.05, 3.63) is 24.0 Å². The average Bonchev–Trinajstić information content (AvgIpc) is 2.66. The Bertz CT molecular complexity index is 234. The summed E-state index contributed by atoms with van der Waals surface area (Å²) in [6, 6.07) is 3.87. The first-order chi connectivity index (χ1) is 5.21. The van der Waals surface area contributed by atoms with Crippen molar-refractivity contribution in [2.75, 3.05) is 0 Å². The van der Waals surface area contributed by atoms with Gasteiger partial charge in [0.1, 0.15) is 5.60 Å². The summed E-state index contributed by atoms with van der Waals surface area (Å²) in [7, 11) is 0. The highest BCUT2D eigenvalue weighted by molar-refractivity contribution is 5.15. The molecular formula is C9H13NO. The van der Waals surface area contributed by atoms with Gasteiger partial charge in [-0.1, -0.05) is 0 Å². The molecule has 0 bridgehead atoms. The first-order valence-corrected chi connectivity index (χ1v) is 4.07. The van der Waals surface area contributed by atoms with Crippen molar-refractivity contribution in [2.24, 2.45) is 5.92 Å². The number of H-pyrrole nitrogens is 1. The van der Waals surface area contributed by atoms with Gasteiger partial charge in [0.2, 0.25) is 0 Å². The molecule has 1 aromatic heterocycles. The lowest BCUT2D eigenvalue weighted by molar-refractivity contribution is 0.0292. The van der Waals surface area contributed by atoms with Crippen molar-refractivity contribution in [1.29, 1.82) is 0 Å². The van der Waals surface area contributed by atoms with E-state index in [0.717, 1.165) is 18.5 Å². The molecule has 2 nitrogen and oxygen atoms in total. The van der Waals surface area contributed by atoms with Crippen molar-refractivity contribution < 1.29 is 5.11 Å². The Morgan fingerprint density at radius 2 is 2.36 bits per heavy atom. The van der Waals surface area contributed by atoms with Crippen LogP contribution in [0.25, 0.3) is 0 Å². The predicted octanol–water partition coefficient (Wildman–Crippen LogP) is 1.63. The Morgan fingerprint density at radius 3 is 2.82 bits per heavy atom. The summed E-state index contributed by atoms with van der Waals surface area (Å²) in [5.74, 6) is 0.473. The smallest absolute Gasteiger partial charge is 0.104 e. The highest BCUT2D eigenvalue weighted by Crippen LogP contribution is 2.44. The van der Waals surface area contributed by atoms with Gasteiger partial charge in [-0.15, -0.1) is 0 Å². The van der Waals surface area contributed by atoms with Crippen LogP contribution in [0, 0.1) is 5.92 Å². The average molecular weight is 151 g/mol. The number of rotatable bonds is 2. The van der Waals surface area contributed by atoms with E-state index in [1.165, 1.54) is 0 Å². The predicted molar refractivity (Wildman–Crippen MR) is 43.1 cm³/mol. The fraction of sp³-hybridized carbons (Fsp3) is 0.556. The van der Waals surface area contributed by atoms with E-state index in [2.05, 4.69) is 4.98 Å². The van der Waals surface area contributed by atoms with Crippen LogP contribution in [0.4, 0.5) is 0 Å². The van der Waals surface area contributed by atoms with Crippen LogP contribution >= 0.6 is 0 Å². The highest BCUT2D eigenvalue weighted by atomic mass is 16.3. The number of aliphatic hydroxyl groups is 1. The quantitative estimate of drug-likeness (QED) is 0.662. The lowest BCUT2D eigenvalue weighted by Gasteiger charge is -2.21. The Balaban J connectivity index is 2.26. The fourth-order valence-corrected chi connectivity index (χ4v) is 1.51. The molecule has 2 N–H and O–H groups in total. The Kier molecular flexibility index (Phi) is 1.33. The van der Waals surface area contributed by atoms with Gasteiger partial charge in [-0.05, 0) is 37.8 Å². The number of nitrogens with one attached hydrogen (secondary N) is 1. The number of hydrogen-bond donors (Lipinski definition) is 2. The summed E-state index contributed by atoms with van der Waals surface area (Å²) >= 11 is 0. The molecule has 1 heterocycles. The second kappa shape index (κ2) is 2.11. The number of aromatic nitrogens is 1. The second-order valence-electron chi connectivity index (χ2n) is 3.51. The molecule has 1 aliphatic carbocycles. The molecule has 0 aromatic carbocycles. The lowest BCUT2D eigenvalue weighted by atomic mass is 9.97. The minimum atomic E-state index is -0.622. The molecule has 2 rings (SSSR count). The summed E-state index contributed by atoms with van der Waals surface area (Å²) in [5.41, 5.74) is 0.323. The van der Waals surface area contributed by atoms with Crippen molar-refractivity contribution >= 4 is 0 Å². The zero-order chi connectivity index (χ0) is 7.90. The fourth-order valence-electron chi connectivity index (χ4n) is 1.51. The van der Waals surface area contributed by atoms with Crippen molar-refractivity contribution in [3.63, 3.8) is 0 Å². The maximum atomic E-state index is 9.98.